The molecule has 1 aromatic rings. The third kappa shape index (κ3) is 3.26. The third-order valence-electron chi connectivity index (χ3n) is 5.77. The van der Waals surface area contributed by atoms with Gasteiger partial charge in [-0.1, -0.05) is 13.8 Å². The molecule has 7 heteroatoms. The van der Waals surface area contributed by atoms with Crippen LogP contribution >= 0.6 is 0 Å². The Balaban J connectivity index is 1.85. The molecule has 2 atom stereocenters. The van der Waals surface area contributed by atoms with E-state index in [1.807, 2.05) is 13.8 Å². The van der Waals surface area contributed by atoms with Gasteiger partial charge in [-0.2, -0.15) is 13.2 Å². The fraction of sp³-hybridized carbons (Fsp3) is 0.667. The van der Waals surface area contributed by atoms with E-state index in [9.17, 15) is 18.0 Å². The van der Waals surface area contributed by atoms with E-state index < -0.39 is 17.2 Å². The number of pyridine rings is 1. The number of amides is 1. The van der Waals surface area contributed by atoms with Gasteiger partial charge in [0.25, 0.3) is 0 Å². The van der Waals surface area contributed by atoms with Gasteiger partial charge >= 0.3 is 6.18 Å². The zero-order chi connectivity index (χ0) is 18.4. The van der Waals surface area contributed by atoms with Gasteiger partial charge in [-0.3, -0.25) is 9.78 Å². The first-order chi connectivity index (χ1) is 11.6. The molecule has 0 bridgehead atoms. The maximum Gasteiger partial charge on any atom is 0.417 e. The van der Waals surface area contributed by atoms with Crippen LogP contribution in [0.3, 0.4) is 0 Å². The molecule has 0 saturated heterocycles. The Morgan fingerprint density at radius 2 is 2.16 bits per heavy atom. The Bertz CT molecular complexity index is 674. The Morgan fingerprint density at radius 1 is 1.44 bits per heavy atom. The van der Waals surface area contributed by atoms with Crippen molar-refractivity contribution in [3.63, 3.8) is 0 Å². The second-order valence-electron chi connectivity index (χ2n) is 7.62. The third-order valence-corrected chi connectivity index (χ3v) is 5.77. The zero-order valence-electron chi connectivity index (χ0n) is 14.6. The van der Waals surface area contributed by atoms with Gasteiger partial charge in [-0.05, 0) is 36.8 Å². The van der Waals surface area contributed by atoms with Crippen molar-refractivity contribution in [2.24, 2.45) is 17.1 Å². The van der Waals surface area contributed by atoms with Gasteiger partial charge in [-0.15, -0.1) is 0 Å². The highest BCUT2D eigenvalue weighted by molar-refractivity contribution is 5.83. The number of carbonyl (C=O) groups excluding carboxylic acids is 1. The molecule has 3 rings (SSSR count). The van der Waals surface area contributed by atoms with Crippen molar-refractivity contribution in [1.82, 2.24) is 9.88 Å². The molecule has 1 aliphatic heterocycles. The zero-order valence-corrected chi connectivity index (χ0v) is 14.6. The van der Waals surface area contributed by atoms with Gasteiger partial charge in [0.1, 0.15) is 0 Å². The van der Waals surface area contributed by atoms with Crippen LogP contribution in [-0.4, -0.2) is 28.4 Å². The minimum absolute atomic E-state index is 0.0157. The predicted octanol–water partition coefficient (Wildman–Crippen LogP) is 3.14. The fourth-order valence-corrected chi connectivity index (χ4v) is 4.15. The van der Waals surface area contributed by atoms with Crippen LogP contribution in [0.4, 0.5) is 13.2 Å². The first kappa shape index (κ1) is 18.2. The number of rotatable bonds is 2. The minimum Gasteiger partial charge on any atom is -0.337 e. The Morgan fingerprint density at radius 3 is 2.72 bits per heavy atom. The van der Waals surface area contributed by atoms with Crippen LogP contribution < -0.4 is 5.73 Å². The summed E-state index contributed by atoms with van der Waals surface area (Å²) in [6.45, 7) is 4.73. The van der Waals surface area contributed by atoms with Gasteiger partial charge in [0.15, 0.2) is 0 Å². The number of aromatic nitrogens is 1. The molecule has 2 aliphatic rings. The Hall–Kier alpha value is -1.63. The molecule has 1 saturated carbocycles. The molecule has 1 aliphatic carbocycles. The second-order valence-corrected chi connectivity index (χ2v) is 7.62. The van der Waals surface area contributed by atoms with Crippen molar-refractivity contribution in [2.45, 2.75) is 58.3 Å². The topological polar surface area (TPSA) is 59.2 Å². The molecular weight excluding hydrogens is 331 g/mol. The number of halogens is 3. The second kappa shape index (κ2) is 6.27. The average Bonchev–Trinajstić information content (AvgIpc) is 2.95. The van der Waals surface area contributed by atoms with Crippen LogP contribution in [0.5, 0.6) is 0 Å². The SMILES string of the molecule is CC(C)C1(C(=O)N2CCc3ncc(C(F)(F)F)cc3C2)CCC(N)C1. The summed E-state index contributed by atoms with van der Waals surface area (Å²) in [6.07, 6.45) is -0.857. The lowest BCUT2D eigenvalue weighted by molar-refractivity contribution is -0.145. The monoisotopic (exact) mass is 355 g/mol. The summed E-state index contributed by atoms with van der Waals surface area (Å²) in [5, 5.41) is 0. The molecular formula is C18H24F3N3O. The summed E-state index contributed by atoms with van der Waals surface area (Å²) in [7, 11) is 0. The number of hydrogen-bond acceptors (Lipinski definition) is 3. The van der Waals surface area contributed by atoms with Crippen molar-refractivity contribution < 1.29 is 18.0 Å². The van der Waals surface area contributed by atoms with Crippen LogP contribution in [0.25, 0.3) is 0 Å². The van der Waals surface area contributed by atoms with E-state index >= 15 is 0 Å². The maximum atomic E-state index is 13.2. The van der Waals surface area contributed by atoms with E-state index in [1.165, 1.54) is 0 Å². The van der Waals surface area contributed by atoms with Gasteiger partial charge in [0.2, 0.25) is 5.91 Å². The van der Waals surface area contributed by atoms with Gasteiger partial charge < -0.3 is 10.6 Å². The van der Waals surface area contributed by atoms with Crippen LogP contribution in [0.2, 0.25) is 0 Å². The predicted molar refractivity (Wildman–Crippen MR) is 87.5 cm³/mol. The van der Waals surface area contributed by atoms with Crippen LogP contribution in [0, 0.1) is 11.3 Å². The number of alkyl halides is 3. The van der Waals surface area contributed by atoms with E-state index in [4.69, 9.17) is 5.73 Å². The molecule has 2 N–H and O–H groups in total. The Labute approximate surface area is 145 Å². The number of hydrogen-bond donors (Lipinski definition) is 1. The number of nitrogens with zero attached hydrogens (tertiary/aromatic N) is 2. The number of fused-ring (bicyclic) bond motifs is 1. The van der Waals surface area contributed by atoms with Gasteiger partial charge in [-0.25, -0.2) is 0 Å². The summed E-state index contributed by atoms with van der Waals surface area (Å²) < 4.78 is 38.8. The molecule has 0 radical (unpaired) electrons. The first-order valence-corrected chi connectivity index (χ1v) is 8.73. The molecule has 25 heavy (non-hydrogen) atoms. The summed E-state index contributed by atoms with van der Waals surface area (Å²) in [4.78, 5) is 18.9. The highest BCUT2D eigenvalue weighted by Crippen LogP contribution is 2.46. The fourth-order valence-electron chi connectivity index (χ4n) is 4.15. The normalized spacial score (nSPS) is 26.8. The molecule has 2 unspecified atom stereocenters. The summed E-state index contributed by atoms with van der Waals surface area (Å²) >= 11 is 0. The lowest BCUT2D eigenvalue weighted by Crippen LogP contribution is -2.48. The maximum absolute atomic E-state index is 13.2. The lowest BCUT2D eigenvalue weighted by atomic mass is 9.74. The molecule has 0 aromatic carbocycles. The quantitative estimate of drug-likeness (QED) is 0.887. The smallest absolute Gasteiger partial charge is 0.337 e. The first-order valence-electron chi connectivity index (χ1n) is 8.73. The van der Waals surface area contributed by atoms with E-state index in [0.717, 1.165) is 25.1 Å². The van der Waals surface area contributed by atoms with Crippen LogP contribution in [0.15, 0.2) is 12.3 Å². The lowest BCUT2D eigenvalue weighted by Gasteiger charge is -2.39. The molecule has 2 heterocycles. The van der Waals surface area contributed by atoms with E-state index in [1.54, 1.807) is 4.90 Å². The molecule has 4 nitrogen and oxygen atoms in total. The highest BCUT2D eigenvalue weighted by Gasteiger charge is 2.48. The van der Waals surface area contributed by atoms with Gasteiger partial charge in [0, 0.05) is 37.4 Å². The number of carbonyl (C=O) groups is 1. The van der Waals surface area contributed by atoms with Crippen molar-refractivity contribution in [1.29, 1.82) is 0 Å². The van der Waals surface area contributed by atoms with E-state index in [0.29, 0.717) is 30.6 Å². The van der Waals surface area contributed by atoms with E-state index in [2.05, 4.69) is 4.98 Å². The van der Waals surface area contributed by atoms with Crippen molar-refractivity contribution in [3.05, 3.63) is 29.1 Å². The van der Waals surface area contributed by atoms with Crippen molar-refractivity contribution in [2.75, 3.05) is 6.54 Å². The van der Waals surface area contributed by atoms with Crippen LogP contribution in [-0.2, 0) is 23.9 Å². The largest absolute Gasteiger partial charge is 0.417 e. The summed E-state index contributed by atoms with van der Waals surface area (Å²) in [5.74, 6) is 0.174. The molecule has 1 fully saturated rings. The average molecular weight is 355 g/mol. The number of nitrogens with two attached hydrogens (primary N) is 1. The molecule has 1 aromatic heterocycles. The molecule has 0 spiro atoms. The van der Waals surface area contributed by atoms with Crippen LogP contribution in [0.1, 0.15) is 49.9 Å². The highest BCUT2D eigenvalue weighted by atomic mass is 19.4. The standard InChI is InChI=1S/C18H24F3N3O/c1-11(2)17(5-3-14(22)8-17)16(25)24-6-4-15-12(10-24)7-13(9-23-15)18(19,20)21/h7,9,11,14H,3-6,8,10,22H2,1-2H3. The summed E-state index contributed by atoms with van der Waals surface area (Å²) in [6, 6.07) is 1.14. The minimum atomic E-state index is -4.42. The molecule has 138 valence electrons. The molecule has 1 amide bonds. The van der Waals surface area contributed by atoms with Crippen molar-refractivity contribution >= 4 is 5.91 Å². The van der Waals surface area contributed by atoms with E-state index in [-0.39, 0.29) is 24.4 Å². The van der Waals surface area contributed by atoms with Crippen molar-refractivity contribution in [3.8, 4) is 0 Å². The summed E-state index contributed by atoms with van der Waals surface area (Å²) in [5.41, 5.74) is 5.95. The van der Waals surface area contributed by atoms with Gasteiger partial charge in [0.05, 0.1) is 11.0 Å². The Kier molecular flexibility index (Phi) is 4.56.